The molecule has 122 valence electrons. The van der Waals surface area contributed by atoms with Crippen LogP contribution in [-0.2, 0) is 0 Å². The van der Waals surface area contributed by atoms with Crippen molar-refractivity contribution in [3.05, 3.63) is 54.0 Å². The van der Waals surface area contributed by atoms with Crippen molar-refractivity contribution >= 4 is 5.91 Å². The number of benzene rings is 1. The molecular formula is C17H17N5O2. The number of hydrogen-bond acceptors (Lipinski definition) is 5. The lowest BCUT2D eigenvalue weighted by Crippen LogP contribution is -2.45. The normalized spacial score (nSPS) is 19.7. The molecule has 1 fully saturated rings. The van der Waals surface area contributed by atoms with Crippen LogP contribution < -0.4 is 5.32 Å². The van der Waals surface area contributed by atoms with Gasteiger partial charge in [0.25, 0.3) is 5.91 Å². The second-order valence-corrected chi connectivity index (χ2v) is 6.12. The third kappa shape index (κ3) is 2.80. The van der Waals surface area contributed by atoms with Gasteiger partial charge in [-0.15, -0.1) is 5.10 Å². The van der Waals surface area contributed by atoms with Crippen molar-refractivity contribution in [3.63, 3.8) is 0 Å². The lowest BCUT2D eigenvalue weighted by Gasteiger charge is -2.35. The van der Waals surface area contributed by atoms with E-state index < -0.39 is 0 Å². The van der Waals surface area contributed by atoms with E-state index >= 15 is 0 Å². The zero-order valence-corrected chi connectivity index (χ0v) is 13.2. The summed E-state index contributed by atoms with van der Waals surface area (Å²) in [7, 11) is 0. The third-order valence-corrected chi connectivity index (χ3v) is 4.31. The van der Waals surface area contributed by atoms with Gasteiger partial charge in [0.05, 0.1) is 12.2 Å². The molecule has 24 heavy (non-hydrogen) atoms. The van der Waals surface area contributed by atoms with Gasteiger partial charge in [0, 0.05) is 23.9 Å². The lowest BCUT2D eigenvalue weighted by molar-refractivity contribution is 0.0850. The summed E-state index contributed by atoms with van der Waals surface area (Å²) in [6.07, 6.45) is 5.18. The van der Waals surface area contributed by atoms with Crippen LogP contribution in [0.25, 0.3) is 11.3 Å². The maximum atomic E-state index is 12.3. The Hall–Kier alpha value is -2.96. The largest absolute Gasteiger partial charge is 0.350 e. The van der Waals surface area contributed by atoms with E-state index in [1.165, 1.54) is 0 Å². The van der Waals surface area contributed by atoms with Crippen LogP contribution in [0.15, 0.2) is 47.2 Å². The summed E-state index contributed by atoms with van der Waals surface area (Å²) in [5.74, 6) is -0.000782. The van der Waals surface area contributed by atoms with Crippen molar-refractivity contribution in [2.75, 3.05) is 0 Å². The molecule has 4 rings (SSSR count). The molecule has 2 aromatic heterocycles. The van der Waals surface area contributed by atoms with Crippen molar-refractivity contribution in [1.82, 2.24) is 25.5 Å². The molecule has 1 aliphatic rings. The second-order valence-electron chi connectivity index (χ2n) is 6.12. The summed E-state index contributed by atoms with van der Waals surface area (Å²) in [5, 5.41) is 14.7. The number of amides is 1. The Kier molecular flexibility index (Phi) is 3.60. The molecule has 1 saturated carbocycles. The number of hydrogen-bond donors (Lipinski definition) is 1. The monoisotopic (exact) mass is 323 g/mol. The van der Waals surface area contributed by atoms with Crippen LogP contribution in [0.1, 0.15) is 35.0 Å². The SMILES string of the molecule is Cc1cccc(-c2cc(C(=O)N[C@H]3C[C@H](n4ccnn4)C3)on2)c1. The van der Waals surface area contributed by atoms with Gasteiger partial charge >= 0.3 is 0 Å². The lowest BCUT2D eigenvalue weighted by atomic mass is 9.87. The summed E-state index contributed by atoms with van der Waals surface area (Å²) in [5.41, 5.74) is 2.74. The first-order valence-electron chi connectivity index (χ1n) is 7.89. The Labute approximate surface area is 138 Å². The smallest absolute Gasteiger partial charge is 0.290 e. The molecule has 7 heteroatoms. The second kappa shape index (κ2) is 5.92. The Balaban J connectivity index is 1.38. The molecule has 1 aliphatic carbocycles. The molecule has 0 unspecified atom stereocenters. The summed E-state index contributed by atoms with van der Waals surface area (Å²) < 4.78 is 7.03. The fourth-order valence-electron chi connectivity index (χ4n) is 2.91. The molecular weight excluding hydrogens is 306 g/mol. The van der Waals surface area contributed by atoms with Gasteiger partial charge in [-0.2, -0.15) is 0 Å². The number of nitrogens with one attached hydrogen (secondary N) is 1. The van der Waals surface area contributed by atoms with Crippen LogP contribution in [0.2, 0.25) is 0 Å². The minimum Gasteiger partial charge on any atom is -0.350 e. The number of rotatable bonds is 4. The van der Waals surface area contributed by atoms with Gasteiger partial charge in [0.15, 0.2) is 0 Å². The number of nitrogens with zero attached hydrogens (tertiary/aromatic N) is 4. The Morgan fingerprint density at radius 3 is 2.96 bits per heavy atom. The first-order valence-corrected chi connectivity index (χ1v) is 7.89. The highest BCUT2D eigenvalue weighted by Gasteiger charge is 2.33. The van der Waals surface area contributed by atoms with E-state index in [4.69, 9.17) is 4.52 Å². The minimum atomic E-state index is -0.233. The standard InChI is InChI=1S/C17H17N5O2/c1-11-3-2-4-12(7-11)15-10-16(24-20-15)17(23)19-13-8-14(9-13)22-6-5-18-21-22/h2-7,10,13-14H,8-9H2,1H3,(H,19,23)/t13-,14-. The molecule has 0 atom stereocenters. The zero-order chi connectivity index (χ0) is 16.5. The molecule has 1 aromatic carbocycles. The highest BCUT2D eigenvalue weighted by molar-refractivity contribution is 5.92. The van der Waals surface area contributed by atoms with Gasteiger partial charge in [0.2, 0.25) is 5.76 Å². The van der Waals surface area contributed by atoms with Crippen LogP contribution >= 0.6 is 0 Å². The molecule has 0 aliphatic heterocycles. The summed E-state index contributed by atoms with van der Waals surface area (Å²) in [6.45, 7) is 2.01. The van der Waals surface area contributed by atoms with Gasteiger partial charge < -0.3 is 9.84 Å². The summed E-state index contributed by atoms with van der Waals surface area (Å²) in [4.78, 5) is 12.3. The fraction of sp³-hybridized carbons (Fsp3) is 0.294. The van der Waals surface area contributed by atoms with Crippen molar-refractivity contribution < 1.29 is 9.32 Å². The van der Waals surface area contributed by atoms with Crippen LogP contribution in [0, 0.1) is 6.92 Å². The first kappa shape index (κ1) is 14.6. The van der Waals surface area contributed by atoms with Gasteiger partial charge in [-0.1, -0.05) is 34.1 Å². The van der Waals surface area contributed by atoms with Gasteiger partial charge in [0.1, 0.15) is 5.69 Å². The topological polar surface area (TPSA) is 85.8 Å². The summed E-state index contributed by atoms with van der Waals surface area (Å²) in [6, 6.07) is 10.0. The molecule has 3 aromatic rings. The van der Waals surface area contributed by atoms with E-state index in [9.17, 15) is 4.79 Å². The Morgan fingerprint density at radius 1 is 1.33 bits per heavy atom. The van der Waals surface area contributed by atoms with E-state index in [1.54, 1.807) is 12.3 Å². The average Bonchev–Trinajstić information content (AvgIpc) is 3.21. The van der Waals surface area contributed by atoms with Crippen molar-refractivity contribution in [1.29, 1.82) is 0 Å². The highest BCUT2D eigenvalue weighted by atomic mass is 16.5. The average molecular weight is 323 g/mol. The van der Waals surface area contributed by atoms with Gasteiger partial charge in [-0.05, 0) is 25.8 Å². The van der Waals surface area contributed by atoms with Crippen molar-refractivity contribution in [2.45, 2.75) is 31.8 Å². The van der Waals surface area contributed by atoms with E-state index in [1.807, 2.05) is 42.1 Å². The maximum Gasteiger partial charge on any atom is 0.290 e. The Morgan fingerprint density at radius 2 is 2.21 bits per heavy atom. The fourth-order valence-corrected chi connectivity index (χ4v) is 2.91. The molecule has 0 spiro atoms. The molecule has 2 heterocycles. The summed E-state index contributed by atoms with van der Waals surface area (Å²) >= 11 is 0. The van der Waals surface area contributed by atoms with Crippen molar-refractivity contribution in [2.24, 2.45) is 0 Å². The minimum absolute atomic E-state index is 0.124. The van der Waals surface area contributed by atoms with E-state index in [0.717, 1.165) is 24.0 Å². The van der Waals surface area contributed by atoms with Gasteiger partial charge in [-0.3, -0.25) is 4.79 Å². The predicted molar refractivity (Wildman–Crippen MR) is 86.2 cm³/mol. The maximum absolute atomic E-state index is 12.3. The molecule has 0 bridgehead atoms. The molecule has 0 saturated heterocycles. The van der Waals surface area contributed by atoms with E-state index in [0.29, 0.717) is 11.7 Å². The number of aryl methyl sites for hydroxylation is 1. The molecule has 0 radical (unpaired) electrons. The quantitative estimate of drug-likeness (QED) is 0.796. The van der Waals surface area contributed by atoms with Crippen LogP contribution in [0.5, 0.6) is 0 Å². The Bertz CT molecular complexity index is 850. The predicted octanol–water partition coefficient (Wildman–Crippen LogP) is 2.38. The van der Waals surface area contributed by atoms with Crippen LogP contribution in [0.4, 0.5) is 0 Å². The van der Waals surface area contributed by atoms with E-state index in [-0.39, 0.29) is 17.7 Å². The van der Waals surface area contributed by atoms with Gasteiger partial charge in [-0.25, -0.2) is 4.68 Å². The molecule has 1 N–H and O–H groups in total. The highest BCUT2D eigenvalue weighted by Crippen LogP contribution is 2.31. The zero-order valence-electron chi connectivity index (χ0n) is 13.2. The molecule has 1 amide bonds. The number of carbonyl (C=O) groups excluding carboxylic acids is 1. The third-order valence-electron chi connectivity index (χ3n) is 4.31. The first-order chi connectivity index (χ1) is 11.7. The van der Waals surface area contributed by atoms with Crippen molar-refractivity contribution in [3.8, 4) is 11.3 Å². The van der Waals surface area contributed by atoms with Crippen LogP contribution in [0.3, 0.4) is 0 Å². The van der Waals surface area contributed by atoms with Crippen LogP contribution in [-0.4, -0.2) is 32.1 Å². The molecule has 7 nitrogen and oxygen atoms in total. The number of carbonyl (C=O) groups is 1. The number of aromatic nitrogens is 4. The van der Waals surface area contributed by atoms with E-state index in [2.05, 4.69) is 20.8 Å².